The Bertz CT molecular complexity index is 404. The first-order valence-corrected chi connectivity index (χ1v) is 6.57. The second-order valence-corrected chi connectivity index (χ2v) is 5.18. The molecule has 2 fully saturated rings. The van der Waals surface area contributed by atoms with Crippen molar-refractivity contribution >= 4 is 30.3 Å². The van der Waals surface area contributed by atoms with Crippen molar-refractivity contribution in [3.8, 4) is 0 Å². The largest absolute Gasteiger partial charge is 0.350 e. The van der Waals surface area contributed by atoms with Gasteiger partial charge in [-0.2, -0.15) is 0 Å². The molecule has 8 heteroatoms. The Morgan fingerprint density at radius 2 is 2.15 bits per heavy atom. The Morgan fingerprint density at radius 3 is 2.70 bits per heavy atom. The summed E-state index contributed by atoms with van der Waals surface area (Å²) in [6.07, 6.45) is 1.93. The molecule has 0 aromatic heterocycles. The van der Waals surface area contributed by atoms with Gasteiger partial charge in [0.2, 0.25) is 5.91 Å². The summed E-state index contributed by atoms with van der Waals surface area (Å²) in [5, 5.41) is 6.17. The molecule has 20 heavy (non-hydrogen) atoms. The fourth-order valence-corrected chi connectivity index (χ4v) is 2.46. The number of hydrogen-bond acceptors (Lipinski definition) is 4. The number of likely N-dealkylation sites (N-methyl/N-ethyl adjacent to an activating group) is 1. The van der Waals surface area contributed by atoms with Crippen LogP contribution in [-0.2, 0) is 9.59 Å². The number of rotatable bonds is 3. The van der Waals surface area contributed by atoms with Crippen LogP contribution in [0.3, 0.4) is 0 Å². The van der Waals surface area contributed by atoms with Gasteiger partial charge in [0, 0.05) is 19.1 Å². The van der Waals surface area contributed by atoms with Crippen LogP contribution in [-0.4, -0.2) is 66.4 Å². The molecule has 0 aromatic rings. The molecule has 0 aromatic carbocycles. The quantitative estimate of drug-likeness (QED) is 0.693. The third-order valence-electron chi connectivity index (χ3n) is 3.64. The van der Waals surface area contributed by atoms with E-state index in [-0.39, 0.29) is 49.4 Å². The van der Waals surface area contributed by atoms with Gasteiger partial charge in [-0.15, -0.1) is 12.4 Å². The monoisotopic (exact) mass is 304 g/mol. The Hall–Kier alpha value is -1.34. The van der Waals surface area contributed by atoms with E-state index in [9.17, 15) is 14.4 Å². The summed E-state index contributed by atoms with van der Waals surface area (Å²) < 4.78 is 0. The van der Waals surface area contributed by atoms with Gasteiger partial charge >= 0.3 is 6.03 Å². The SMILES string of the molecule is CC1NCCCC1NC(=O)CN1C(=O)CN(C)C1=O.Cl. The molecule has 2 aliphatic rings. The standard InChI is InChI=1S/C12H20N4O3.ClH/c1-8-9(4-3-5-13-8)14-10(17)6-16-11(18)7-15(2)12(16)19;/h8-9,13H,3-7H2,1-2H3,(H,14,17);1H. The first-order chi connectivity index (χ1) is 8.99. The van der Waals surface area contributed by atoms with E-state index < -0.39 is 6.03 Å². The van der Waals surface area contributed by atoms with Crippen molar-refractivity contribution in [3.63, 3.8) is 0 Å². The third-order valence-corrected chi connectivity index (χ3v) is 3.64. The van der Waals surface area contributed by atoms with E-state index in [1.54, 1.807) is 7.05 Å². The lowest BCUT2D eigenvalue weighted by atomic mass is 10.00. The maximum Gasteiger partial charge on any atom is 0.327 e. The maximum absolute atomic E-state index is 11.9. The first kappa shape index (κ1) is 16.7. The highest BCUT2D eigenvalue weighted by Crippen LogP contribution is 2.10. The first-order valence-electron chi connectivity index (χ1n) is 6.57. The van der Waals surface area contributed by atoms with Crippen LogP contribution in [0.1, 0.15) is 19.8 Å². The van der Waals surface area contributed by atoms with Crippen molar-refractivity contribution in [2.24, 2.45) is 0 Å². The molecule has 0 spiro atoms. The predicted octanol–water partition coefficient (Wildman–Crippen LogP) is -0.441. The Morgan fingerprint density at radius 1 is 1.45 bits per heavy atom. The minimum absolute atomic E-state index is 0. The highest BCUT2D eigenvalue weighted by Gasteiger charge is 2.35. The molecular formula is C12H21ClN4O3. The molecule has 7 nitrogen and oxygen atoms in total. The number of urea groups is 1. The van der Waals surface area contributed by atoms with Crippen molar-refractivity contribution in [2.75, 3.05) is 26.7 Å². The number of piperidine rings is 1. The normalized spacial score (nSPS) is 26.5. The molecule has 114 valence electrons. The Balaban J connectivity index is 0.00000200. The number of nitrogens with one attached hydrogen (secondary N) is 2. The number of carbonyl (C=O) groups excluding carboxylic acids is 3. The van der Waals surface area contributed by atoms with Crippen LogP contribution in [0.25, 0.3) is 0 Å². The van der Waals surface area contributed by atoms with E-state index in [4.69, 9.17) is 0 Å². The summed E-state index contributed by atoms with van der Waals surface area (Å²) in [6, 6.07) is -0.132. The van der Waals surface area contributed by atoms with Gasteiger partial charge in [0.1, 0.15) is 13.1 Å². The lowest BCUT2D eigenvalue weighted by Crippen LogP contribution is -2.54. The second kappa shape index (κ2) is 6.90. The Kier molecular flexibility index (Phi) is 5.76. The van der Waals surface area contributed by atoms with E-state index in [1.807, 2.05) is 6.92 Å². The molecule has 2 N–H and O–H groups in total. The molecule has 2 saturated heterocycles. The lowest BCUT2D eigenvalue weighted by molar-refractivity contribution is -0.131. The maximum atomic E-state index is 11.9. The van der Waals surface area contributed by atoms with Gasteiger partial charge < -0.3 is 15.5 Å². The third kappa shape index (κ3) is 3.61. The zero-order valence-corrected chi connectivity index (χ0v) is 12.5. The number of halogens is 1. The van der Waals surface area contributed by atoms with Crippen molar-refractivity contribution in [2.45, 2.75) is 31.8 Å². The fraction of sp³-hybridized carbons (Fsp3) is 0.750. The van der Waals surface area contributed by atoms with Gasteiger partial charge in [0.05, 0.1) is 0 Å². The van der Waals surface area contributed by atoms with E-state index in [0.29, 0.717) is 0 Å². The van der Waals surface area contributed by atoms with Gasteiger partial charge in [-0.25, -0.2) is 4.79 Å². The highest BCUT2D eigenvalue weighted by molar-refractivity contribution is 6.04. The summed E-state index contributed by atoms with van der Waals surface area (Å²) in [7, 11) is 1.55. The van der Waals surface area contributed by atoms with Crippen molar-refractivity contribution < 1.29 is 14.4 Å². The molecule has 0 radical (unpaired) electrons. The van der Waals surface area contributed by atoms with E-state index in [0.717, 1.165) is 24.3 Å². The van der Waals surface area contributed by atoms with Gasteiger partial charge in [-0.05, 0) is 26.3 Å². The predicted molar refractivity (Wildman–Crippen MR) is 75.6 cm³/mol. The minimum Gasteiger partial charge on any atom is -0.350 e. The van der Waals surface area contributed by atoms with Crippen molar-refractivity contribution in [1.29, 1.82) is 0 Å². The molecule has 0 aliphatic carbocycles. The molecule has 2 atom stereocenters. The second-order valence-electron chi connectivity index (χ2n) is 5.18. The molecular weight excluding hydrogens is 284 g/mol. The summed E-state index contributed by atoms with van der Waals surface area (Å²) in [5.74, 6) is -0.602. The highest BCUT2D eigenvalue weighted by atomic mass is 35.5. The fourth-order valence-electron chi connectivity index (χ4n) is 2.46. The molecule has 0 bridgehead atoms. The van der Waals surface area contributed by atoms with Gasteiger partial charge in [0.25, 0.3) is 5.91 Å². The van der Waals surface area contributed by atoms with Crippen LogP contribution in [0, 0.1) is 0 Å². The zero-order valence-electron chi connectivity index (χ0n) is 11.7. The van der Waals surface area contributed by atoms with Gasteiger partial charge in [-0.3, -0.25) is 14.5 Å². The van der Waals surface area contributed by atoms with Crippen molar-refractivity contribution in [1.82, 2.24) is 20.4 Å². The number of nitrogens with zero attached hydrogens (tertiary/aromatic N) is 2. The summed E-state index contributed by atoms with van der Waals surface area (Å²) >= 11 is 0. The molecule has 2 aliphatic heterocycles. The van der Waals surface area contributed by atoms with Crippen molar-refractivity contribution in [3.05, 3.63) is 0 Å². The summed E-state index contributed by atoms with van der Waals surface area (Å²) in [4.78, 5) is 37.4. The van der Waals surface area contributed by atoms with E-state index >= 15 is 0 Å². The van der Waals surface area contributed by atoms with E-state index in [1.165, 1.54) is 4.90 Å². The van der Waals surface area contributed by atoms with Crippen LogP contribution in [0.4, 0.5) is 4.79 Å². The minimum atomic E-state index is -0.407. The lowest BCUT2D eigenvalue weighted by Gasteiger charge is -2.31. The van der Waals surface area contributed by atoms with Crippen LogP contribution < -0.4 is 10.6 Å². The van der Waals surface area contributed by atoms with Crippen LogP contribution in [0.5, 0.6) is 0 Å². The number of amides is 4. The summed E-state index contributed by atoms with van der Waals surface area (Å²) in [6.45, 7) is 2.84. The smallest absolute Gasteiger partial charge is 0.327 e. The molecule has 0 saturated carbocycles. The van der Waals surface area contributed by atoms with Crippen LogP contribution >= 0.6 is 12.4 Å². The average molecular weight is 305 g/mol. The molecule has 2 heterocycles. The van der Waals surface area contributed by atoms with Gasteiger partial charge in [-0.1, -0.05) is 0 Å². The molecule has 2 rings (SSSR count). The van der Waals surface area contributed by atoms with Crippen LogP contribution in [0.15, 0.2) is 0 Å². The van der Waals surface area contributed by atoms with Gasteiger partial charge in [0.15, 0.2) is 0 Å². The zero-order chi connectivity index (χ0) is 14.0. The Labute approximate surface area is 124 Å². The number of hydrogen-bond donors (Lipinski definition) is 2. The summed E-state index contributed by atoms with van der Waals surface area (Å²) in [5.41, 5.74) is 0. The number of carbonyl (C=O) groups is 3. The van der Waals surface area contributed by atoms with E-state index in [2.05, 4.69) is 10.6 Å². The molecule has 4 amide bonds. The number of imide groups is 1. The average Bonchev–Trinajstić information content (AvgIpc) is 2.59. The van der Waals surface area contributed by atoms with Crippen LogP contribution in [0.2, 0.25) is 0 Å². The molecule has 2 unspecified atom stereocenters. The topological polar surface area (TPSA) is 81.8 Å².